The van der Waals surface area contributed by atoms with Crippen LogP contribution in [0.2, 0.25) is 17.2 Å². The fraction of sp³-hybridized carbons (Fsp3) is 1.00. The summed E-state index contributed by atoms with van der Waals surface area (Å²) < 4.78 is 5.66. The van der Waals surface area contributed by atoms with Gasteiger partial charge >= 0.3 is 170 Å². The van der Waals surface area contributed by atoms with Crippen LogP contribution < -0.4 is 0 Å². The molecule has 1 nitrogen and oxygen atoms in total. The molecular formula is C24H50OSn. The number of rotatable bonds is 14. The van der Waals surface area contributed by atoms with E-state index in [1.165, 1.54) is 70.6 Å². The number of unbranched alkanes of at least 4 members (excludes halogenated alkanes) is 3. The Morgan fingerprint density at radius 2 is 1.27 bits per heavy atom. The first-order valence-electron chi connectivity index (χ1n) is 12.2. The van der Waals surface area contributed by atoms with E-state index in [1.807, 2.05) is 0 Å². The Bertz CT molecular complexity index is 313. The predicted octanol–water partition coefficient (Wildman–Crippen LogP) is 8.19. The summed E-state index contributed by atoms with van der Waals surface area (Å²) in [5.74, 6) is 1.38. The van der Waals surface area contributed by atoms with Gasteiger partial charge in [0.15, 0.2) is 0 Å². The van der Waals surface area contributed by atoms with Gasteiger partial charge in [-0.1, -0.05) is 0 Å². The van der Waals surface area contributed by atoms with Crippen molar-refractivity contribution in [1.29, 1.82) is 0 Å². The quantitative estimate of drug-likeness (QED) is 0.252. The second-order valence-electron chi connectivity index (χ2n) is 9.72. The van der Waals surface area contributed by atoms with E-state index in [4.69, 9.17) is 0 Å². The van der Waals surface area contributed by atoms with Crippen LogP contribution in [0.4, 0.5) is 0 Å². The van der Waals surface area contributed by atoms with E-state index in [0.717, 1.165) is 16.3 Å². The van der Waals surface area contributed by atoms with Gasteiger partial charge in [0, 0.05) is 0 Å². The second-order valence-corrected chi connectivity index (χ2v) is 23.9. The van der Waals surface area contributed by atoms with Gasteiger partial charge in [0.25, 0.3) is 0 Å². The van der Waals surface area contributed by atoms with E-state index >= 15 is 0 Å². The molecule has 1 aliphatic carbocycles. The van der Waals surface area contributed by atoms with Crippen LogP contribution in [-0.2, 0) is 0 Å². The van der Waals surface area contributed by atoms with Crippen LogP contribution in [0.1, 0.15) is 112 Å². The Morgan fingerprint density at radius 1 is 0.808 bits per heavy atom. The summed E-state index contributed by atoms with van der Waals surface area (Å²) in [6.07, 6.45) is 16.2. The van der Waals surface area contributed by atoms with E-state index in [0.29, 0.717) is 5.92 Å². The van der Waals surface area contributed by atoms with Gasteiger partial charge in [0.2, 0.25) is 0 Å². The van der Waals surface area contributed by atoms with Gasteiger partial charge in [-0.05, 0) is 0 Å². The van der Waals surface area contributed by atoms with Crippen molar-refractivity contribution in [2.45, 2.75) is 135 Å². The molecule has 0 heterocycles. The first kappa shape index (κ1) is 24.8. The molecule has 0 aromatic rings. The minimum atomic E-state index is -2.26. The van der Waals surface area contributed by atoms with Crippen LogP contribution in [0.15, 0.2) is 0 Å². The number of aliphatic hydroxyl groups is 1. The van der Waals surface area contributed by atoms with Crippen molar-refractivity contribution in [3.05, 3.63) is 0 Å². The fourth-order valence-corrected chi connectivity index (χ4v) is 26.2. The summed E-state index contributed by atoms with van der Waals surface area (Å²) in [5.41, 5.74) is 0. The Kier molecular flexibility index (Phi) is 13.2. The zero-order chi connectivity index (χ0) is 19.4. The second kappa shape index (κ2) is 13.9. The van der Waals surface area contributed by atoms with Crippen LogP contribution in [0.25, 0.3) is 0 Å². The van der Waals surface area contributed by atoms with E-state index < -0.39 is 18.4 Å². The average Bonchev–Trinajstić information content (AvgIpc) is 2.66. The van der Waals surface area contributed by atoms with Crippen LogP contribution in [0.3, 0.4) is 0 Å². The summed E-state index contributed by atoms with van der Waals surface area (Å²) in [7, 11) is 0. The molecule has 0 radical (unpaired) electrons. The SMILES string of the molecule is CCC[CH2][Sn]([CH2]CCC)([CH2]CCC)[C@@H](C[C@@H](O)C1CCCCC1)C(C)C. The zero-order valence-electron chi connectivity index (χ0n) is 18.9. The van der Waals surface area contributed by atoms with Gasteiger partial charge in [-0.2, -0.15) is 0 Å². The molecule has 2 atom stereocenters. The van der Waals surface area contributed by atoms with Gasteiger partial charge in [-0.25, -0.2) is 0 Å². The van der Waals surface area contributed by atoms with Crippen molar-refractivity contribution in [2.75, 3.05) is 0 Å². The third-order valence-electron chi connectivity index (χ3n) is 7.37. The molecular weight excluding hydrogens is 423 g/mol. The van der Waals surface area contributed by atoms with Gasteiger partial charge in [-0.3, -0.25) is 0 Å². The van der Waals surface area contributed by atoms with Gasteiger partial charge < -0.3 is 0 Å². The van der Waals surface area contributed by atoms with Crippen molar-refractivity contribution in [2.24, 2.45) is 11.8 Å². The summed E-state index contributed by atoms with van der Waals surface area (Å²) in [6, 6.07) is 0. The van der Waals surface area contributed by atoms with Crippen LogP contribution in [0.5, 0.6) is 0 Å². The Morgan fingerprint density at radius 3 is 1.65 bits per heavy atom. The minimum absolute atomic E-state index is 0.0105. The van der Waals surface area contributed by atoms with Crippen molar-refractivity contribution in [1.82, 2.24) is 0 Å². The summed E-state index contributed by atoms with van der Waals surface area (Å²) >= 11 is -2.26. The van der Waals surface area contributed by atoms with Crippen LogP contribution >= 0.6 is 0 Å². The van der Waals surface area contributed by atoms with E-state index in [1.54, 1.807) is 13.3 Å². The van der Waals surface area contributed by atoms with Crippen LogP contribution in [-0.4, -0.2) is 29.6 Å². The summed E-state index contributed by atoms with van der Waals surface area (Å²) in [5, 5.41) is 11.2. The number of hydrogen-bond acceptors (Lipinski definition) is 1. The third kappa shape index (κ3) is 8.01. The Hall–Kier alpha value is 0.759. The van der Waals surface area contributed by atoms with E-state index in [9.17, 15) is 5.11 Å². The molecule has 1 rings (SSSR count). The molecule has 2 heteroatoms. The number of aliphatic hydroxyl groups excluding tert-OH is 1. The maximum absolute atomic E-state index is 11.2. The zero-order valence-corrected chi connectivity index (χ0v) is 21.7. The monoisotopic (exact) mass is 474 g/mol. The van der Waals surface area contributed by atoms with Crippen molar-refractivity contribution < 1.29 is 5.11 Å². The fourth-order valence-electron chi connectivity index (χ4n) is 5.72. The first-order valence-corrected chi connectivity index (χ1v) is 19.9. The summed E-state index contributed by atoms with van der Waals surface area (Å²) in [4.78, 5) is 0. The molecule has 1 saturated carbocycles. The van der Waals surface area contributed by atoms with Crippen molar-refractivity contribution in [3.63, 3.8) is 0 Å². The topological polar surface area (TPSA) is 20.2 Å². The molecule has 26 heavy (non-hydrogen) atoms. The molecule has 0 aliphatic heterocycles. The molecule has 1 aliphatic rings. The molecule has 0 amide bonds. The van der Waals surface area contributed by atoms with Gasteiger partial charge in [0.05, 0.1) is 0 Å². The van der Waals surface area contributed by atoms with E-state index in [-0.39, 0.29) is 6.10 Å². The molecule has 0 unspecified atom stereocenters. The molecule has 0 spiro atoms. The maximum atomic E-state index is 11.2. The normalized spacial score (nSPS) is 19.0. The molecule has 0 bridgehead atoms. The van der Waals surface area contributed by atoms with Crippen LogP contribution in [0, 0.1) is 11.8 Å². The summed E-state index contributed by atoms with van der Waals surface area (Å²) in [6.45, 7) is 12.1. The Labute approximate surface area is 170 Å². The number of hydrogen-bond donors (Lipinski definition) is 1. The van der Waals surface area contributed by atoms with Crippen molar-refractivity contribution in [3.8, 4) is 0 Å². The standard InChI is InChI=1S/C12H23O.3C4H9.Sn/c1-10(2)8-9-12(13)11-6-4-3-5-7-11;3*1-3-4-2;/h8,10-13H,3-7,9H2,1-2H3;3*1,3-4H2,2H3;/t12-;;;;/m1..../s1. The third-order valence-corrected chi connectivity index (χ3v) is 26.0. The van der Waals surface area contributed by atoms with E-state index in [2.05, 4.69) is 34.6 Å². The van der Waals surface area contributed by atoms with Crippen molar-refractivity contribution >= 4 is 18.4 Å². The molecule has 0 saturated heterocycles. The molecule has 1 N–H and O–H groups in total. The first-order chi connectivity index (χ1) is 12.5. The molecule has 156 valence electrons. The van der Waals surface area contributed by atoms with Gasteiger partial charge in [0.1, 0.15) is 0 Å². The van der Waals surface area contributed by atoms with Gasteiger partial charge in [-0.15, -0.1) is 0 Å². The molecule has 0 aromatic carbocycles. The molecule has 1 fully saturated rings. The Balaban J connectivity index is 2.97. The molecule has 0 aromatic heterocycles. The predicted molar refractivity (Wildman–Crippen MR) is 121 cm³/mol. The average molecular weight is 473 g/mol.